The van der Waals surface area contributed by atoms with Crippen LogP contribution in [0.15, 0.2) is 23.1 Å². The summed E-state index contributed by atoms with van der Waals surface area (Å²) in [4.78, 5) is 11.4. The molecule has 0 unspecified atom stereocenters. The van der Waals surface area contributed by atoms with E-state index in [2.05, 4.69) is 5.32 Å². The van der Waals surface area contributed by atoms with Crippen LogP contribution in [-0.2, 0) is 14.8 Å². The van der Waals surface area contributed by atoms with Crippen LogP contribution in [0.2, 0.25) is 0 Å². The summed E-state index contributed by atoms with van der Waals surface area (Å²) in [6, 6.07) is 3.26. The SMILES string of the molecule is CNC(=O)C1CCN(S(=O)(=O)c2cc(N)cc(F)c2)CC1. The van der Waals surface area contributed by atoms with E-state index in [0.29, 0.717) is 12.8 Å². The number of nitrogens with two attached hydrogens (primary N) is 1. The van der Waals surface area contributed by atoms with E-state index in [1.165, 1.54) is 10.4 Å². The lowest BCUT2D eigenvalue weighted by molar-refractivity contribution is -0.125. The summed E-state index contributed by atoms with van der Waals surface area (Å²) < 4.78 is 39.5. The van der Waals surface area contributed by atoms with Gasteiger partial charge in [-0.15, -0.1) is 0 Å². The molecule has 0 saturated carbocycles. The molecule has 0 radical (unpaired) electrons. The average molecular weight is 315 g/mol. The van der Waals surface area contributed by atoms with Crippen LogP contribution in [0, 0.1) is 11.7 Å². The number of rotatable bonds is 3. The van der Waals surface area contributed by atoms with E-state index in [1.54, 1.807) is 7.05 Å². The molecule has 1 fully saturated rings. The van der Waals surface area contributed by atoms with Gasteiger partial charge in [-0.25, -0.2) is 12.8 Å². The molecular weight excluding hydrogens is 297 g/mol. The van der Waals surface area contributed by atoms with Crippen LogP contribution in [0.25, 0.3) is 0 Å². The summed E-state index contributed by atoms with van der Waals surface area (Å²) in [5.41, 5.74) is 5.55. The second kappa shape index (κ2) is 5.98. The summed E-state index contributed by atoms with van der Waals surface area (Å²) >= 11 is 0. The Morgan fingerprint density at radius 2 is 1.95 bits per heavy atom. The highest BCUT2D eigenvalue weighted by atomic mass is 32.2. The first-order valence-corrected chi connectivity index (χ1v) is 8.06. The zero-order chi connectivity index (χ0) is 15.6. The van der Waals surface area contributed by atoms with E-state index >= 15 is 0 Å². The van der Waals surface area contributed by atoms with E-state index in [-0.39, 0.29) is 35.5 Å². The van der Waals surface area contributed by atoms with Gasteiger partial charge in [0.25, 0.3) is 0 Å². The molecule has 0 atom stereocenters. The number of carbonyl (C=O) groups is 1. The Morgan fingerprint density at radius 3 is 2.48 bits per heavy atom. The van der Waals surface area contributed by atoms with Gasteiger partial charge in [-0.1, -0.05) is 0 Å². The summed E-state index contributed by atoms with van der Waals surface area (Å²) in [6.07, 6.45) is 0.896. The fourth-order valence-corrected chi connectivity index (χ4v) is 3.98. The third-order valence-corrected chi connectivity index (χ3v) is 5.48. The molecule has 0 spiro atoms. The highest BCUT2D eigenvalue weighted by molar-refractivity contribution is 7.89. The van der Waals surface area contributed by atoms with Gasteiger partial charge in [0.1, 0.15) is 5.82 Å². The topological polar surface area (TPSA) is 92.5 Å². The number of piperidine rings is 1. The van der Waals surface area contributed by atoms with Crippen molar-refractivity contribution in [1.29, 1.82) is 0 Å². The molecule has 1 aromatic rings. The maximum Gasteiger partial charge on any atom is 0.243 e. The molecule has 3 N–H and O–H groups in total. The fourth-order valence-electron chi connectivity index (χ4n) is 2.44. The highest BCUT2D eigenvalue weighted by Gasteiger charge is 2.32. The minimum Gasteiger partial charge on any atom is -0.399 e. The normalized spacial score (nSPS) is 17.6. The van der Waals surface area contributed by atoms with Gasteiger partial charge in [0, 0.05) is 31.7 Å². The number of halogens is 1. The van der Waals surface area contributed by atoms with E-state index in [0.717, 1.165) is 12.1 Å². The van der Waals surface area contributed by atoms with Crippen molar-refractivity contribution in [3.8, 4) is 0 Å². The van der Waals surface area contributed by atoms with Crippen molar-refractivity contribution in [2.24, 2.45) is 5.92 Å². The summed E-state index contributed by atoms with van der Waals surface area (Å²) in [5.74, 6) is -0.949. The van der Waals surface area contributed by atoms with Crippen LogP contribution in [0.5, 0.6) is 0 Å². The third-order valence-electron chi connectivity index (χ3n) is 3.60. The number of amides is 1. The quantitative estimate of drug-likeness (QED) is 0.797. The number of hydrogen-bond donors (Lipinski definition) is 2. The Bertz CT molecular complexity index is 620. The van der Waals surface area contributed by atoms with Crippen LogP contribution in [-0.4, -0.2) is 38.8 Å². The van der Waals surface area contributed by atoms with Crippen LogP contribution in [0.3, 0.4) is 0 Å². The maximum absolute atomic E-state index is 13.3. The number of nitrogens with one attached hydrogen (secondary N) is 1. The number of benzene rings is 1. The first-order chi connectivity index (χ1) is 9.84. The van der Waals surface area contributed by atoms with E-state index in [1.807, 2.05) is 0 Å². The fraction of sp³-hybridized carbons (Fsp3) is 0.462. The van der Waals surface area contributed by atoms with Crippen LogP contribution < -0.4 is 11.1 Å². The van der Waals surface area contributed by atoms with Gasteiger partial charge in [-0.05, 0) is 31.0 Å². The predicted octanol–water partition coefficient (Wildman–Crippen LogP) is 0.555. The van der Waals surface area contributed by atoms with E-state index in [4.69, 9.17) is 5.73 Å². The smallest absolute Gasteiger partial charge is 0.243 e. The zero-order valence-electron chi connectivity index (χ0n) is 11.7. The molecule has 116 valence electrons. The molecule has 1 amide bonds. The largest absolute Gasteiger partial charge is 0.399 e. The molecule has 1 saturated heterocycles. The molecule has 1 aliphatic heterocycles. The first-order valence-electron chi connectivity index (χ1n) is 6.62. The Kier molecular flexibility index (Phi) is 4.48. The number of sulfonamides is 1. The van der Waals surface area contributed by atoms with Gasteiger partial charge in [-0.2, -0.15) is 4.31 Å². The molecule has 1 aromatic carbocycles. The Labute approximate surface area is 123 Å². The molecule has 0 aromatic heterocycles. The maximum atomic E-state index is 13.3. The molecule has 6 nitrogen and oxygen atoms in total. The highest BCUT2D eigenvalue weighted by Crippen LogP contribution is 2.25. The van der Waals surface area contributed by atoms with Crippen LogP contribution in [0.4, 0.5) is 10.1 Å². The molecule has 1 heterocycles. The monoisotopic (exact) mass is 315 g/mol. The molecule has 0 bridgehead atoms. The zero-order valence-corrected chi connectivity index (χ0v) is 12.5. The van der Waals surface area contributed by atoms with Gasteiger partial charge in [0.15, 0.2) is 0 Å². The van der Waals surface area contributed by atoms with Crippen LogP contribution in [0.1, 0.15) is 12.8 Å². The first kappa shape index (κ1) is 15.7. The number of hydrogen-bond acceptors (Lipinski definition) is 4. The molecule has 8 heteroatoms. The van der Waals surface area contributed by atoms with Gasteiger partial charge < -0.3 is 11.1 Å². The Hall–Kier alpha value is -1.67. The van der Waals surface area contributed by atoms with Crippen molar-refractivity contribution < 1.29 is 17.6 Å². The minimum atomic E-state index is -3.78. The van der Waals surface area contributed by atoms with Crippen LogP contribution >= 0.6 is 0 Å². The second-order valence-corrected chi connectivity index (χ2v) is 6.95. The molecule has 0 aliphatic carbocycles. The molecular formula is C13H18FN3O3S. The van der Waals surface area contributed by atoms with Gasteiger partial charge in [-0.3, -0.25) is 4.79 Å². The van der Waals surface area contributed by atoms with Crippen molar-refractivity contribution in [2.75, 3.05) is 25.9 Å². The van der Waals surface area contributed by atoms with E-state index in [9.17, 15) is 17.6 Å². The molecule has 1 aliphatic rings. The van der Waals surface area contributed by atoms with Gasteiger partial charge >= 0.3 is 0 Å². The number of nitrogen functional groups attached to an aromatic ring is 1. The summed E-state index contributed by atoms with van der Waals surface area (Å²) in [6.45, 7) is 0.466. The average Bonchev–Trinajstić information content (AvgIpc) is 2.45. The minimum absolute atomic E-state index is 0.0637. The summed E-state index contributed by atoms with van der Waals surface area (Å²) in [7, 11) is -2.22. The van der Waals surface area contributed by atoms with Crippen molar-refractivity contribution >= 4 is 21.6 Å². The lowest BCUT2D eigenvalue weighted by Crippen LogP contribution is -2.42. The third kappa shape index (κ3) is 3.33. The van der Waals surface area contributed by atoms with Gasteiger partial charge in [0.2, 0.25) is 15.9 Å². The molecule has 2 rings (SSSR count). The summed E-state index contributed by atoms with van der Waals surface area (Å²) in [5, 5.41) is 2.56. The second-order valence-electron chi connectivity index (χ2n) is 5.01. The Morgan fingerprint density at radius 1 is 1.33 bits per heavy atom. The van der Waals surface area contributed by atoms with Crippen molar-refractivity contribution in [3.05, 3.63) is 24.0 Å². The van der Waals surface area contributed by atoms with Gasteiger partial charge in [0.05, 0.1) is 4.90 Å². The molecule has 21 heavy (non-hydrogen) atoms. The number of carbonyl (C=O) groups excluding carboxylic acids is 1. The standard InChI is InChI=1S/C13H18FN3O3S/c1-16-13(18)9-2-4-17(5-3-9)21(19,20)12-7-10(14)6-11(15)8-12/h6-9H,2-5,15H2,1H3,(H,16,18). The van der Waals surface area contributed by atoms with Crippen molar-refractivity contribution in [2.45, 2.75) is 17.7 Å². The van der Waals surface area contributed by atoms with Crippen molar-refractivity contribution in [1.82, 2.24) is 9.62 Å². The Balaban J connectivity index is 2.16. The number of nitrogens with zero attached hydrogens (tertiary/aromatic N) is 1. The van der Waals surface area contributed by atoms with E-state index < -0.39 is 15.8 Å². The number of anilines is 1. The predicted molar refractivity (Wildman–Crippen MR) is 76.4 cm³/mol. The lowest BCUT2D eigenvalue weighted by atomic mass is 9.97. The lowest BCUT2D eigenvalue weighted by Gasteiger charge is -2.30. The van der Waals surface area contributed by atoms with Crippen molar-refractivity contribution in [3.63, 3.8) is 0 Å².